The standard InChI is InChI=1S/C7HBrF7NO/c8-2-1-3(17-7(13,14)15)16-5(9)4(2)6(10,11)12/h1H. The molecule has 0 saturated heterocycles. The zero-order valence-corrected chi connectivity index (χ0v) is 9.04. The fourth-order valence-electron chi connectivity index (χ4n) is 0.887. The van der Waals surface area contributed by atoms with E-state index >= 15 is 0 Å². The second-order valence-electron chi connectivity index (χ2n) is 2.65. The Morgan fingerprint density at radius 2 is 1.65 bits per heavy atom. The van der Waals surface area contributed by atoms with Crippen LogP contribution in [0.5, 0.6) is 5.88 Å². The Morgan fingerprint density at radius 3 is 2.00 bits per heavy atom. The number of rotatable bonds is 1. The summed E-state index contributed by atoms with van der Waals surface area (Å²) in [6.45, 7) is 0. The van der Waals surface area contributed by atoms with Crippen LogP contribution in [-0.4, -0.2) is 11.3 Å². The van der Waals surface area contributed by atoms with Crippen molar-refractivity contribution in [2.24, 2.45) is 0 Å². The van der Waals surface area contributed by atoms with Gasteiger partial charge in [0.05, 0.1) is 0 Å². The number of hydrogen-bond donors (Lipinski definition) is 0. The Bertz CT molecular complexity index is 404. The highest BCUT2D eigenvalue weighted by atomic mass is 79.9. The molecule has 0 fully saturated rings. The van der Waals surface area contributed by atoms with Gasteiger partial charge in [-0.3, -0.25) is 0 Å². The van der Waals surface area contributed by atoms with Gasteiger partial charge in [-0.25, -0.2) is 0 Å². The third-order valence-electron chi connectivity index (χ3n) is 1.41. The number of halogens is 8. The second kappa shape index (κ2) is 4.31. The van der Waals surface area contributed by atoms with Crippen molar-refractivity contribution in [1.82, 2.24) is 4.98 Å². The first-order chi connectivity index (χ1) is 7.50. The van der Waals surface area contributed by atoms with Crippen molar-refractivity contribution in [1.29, 1.82) is 0 Å². The van der Waals surface area contributed by atoms with E-state index < -0.39 is 34.4 Å². The molecule has 1 rings (SSSR count). The van der Waals surface area contributed by atoms with E-state index in [-0.39, 0.29) is 6.07 Å². The summed E-state index contributed by atoms with van der Waals surface area (Å²) >= 11 is 2.29. The van der Waals surface area contributed by atoms with E-state index in [2.05, 4.69) is 25.7 Å². The summed E-state index contributed by atoms with van der Waals surface area (Å²) in [5.74, 6) is -3.43. The molecule has 0 atom stereocenters. The van der Waals surface area contributed by atoms with Crippen molar-refractivity contribution in [2.45, 2.75) is 12.5 Å². The van der Waals surface area contributed by atoms with Crippen LogP contribution < -0.4 is 4.74 Å². The summed E-state index contributed by atoms with van der Waals surface area (Å²) in [5, 5.41) is 0. The molecule has 17 heavy (non-hydrogen) atoms. The van der Waals surface area contributed by atoms with Crippen molar-refractivity contribution in [3.05, 3.63) is 22.1 Å². The molecular formula is C7HBrF7NO. The molecule has 2 nitrogen and oxygen atoms in total. The molecule has 0 N–H and O–H groups in total. The molecule has 0 aliphatic rings. The molecular weight excluding hydrogens is 327 g/mol. The van der Waals surface area contributed by atoms with Crippen LogP contribution in [0.2, 0.25) is 0 Å². The van der Waals surface area contributed by atoms with Gasteiger partial charge in [0.15, 0.2) is 0 Å². The largest absolute Gasteiger partial charge is 0.574 e. The van der Waals surface area contributed by atoms with Crippen molar-refractivity contribution >= 4 is 15.9 Å². The molecule has 0 saturated carbocycles. The number of hydrogen-bond acceptors (Lipinski definition) is 2. The smallest absolute Gasteiger partial charge is 0.388 e. The molecule has 1 heterocycles. The molecule has 10 heteroatoms. The quantitative estimate of drug-likeness (QED) is 0.576. The Kier molecular flexibility index (Phi) is 3.55. The zero-order chi connectivity index (χ0) is 13.4. The summed E-state index contributed by atoms with van der Waals surface area (Å²) in [6.07, 6.45) is -10.2. The first kappa shape index (κ1) is 14.0. The molecule has 96 valence electrons. The summed E-state index contributed by atoms with van der Waals surface area (Å²) in [4.78, 5) is 2.43. The van der Waals surface area contributed by atoms with Gasteiger partial charge in [-0.1, -0.05) is 0 Å². The molecule has 0 aromatic carbocycles. The molecule has 0 amide bonds. The maximum Gasteiger partial charge on any atom is 0.574 e. The van der Waals surface area contributed by atoms with E-state index in [4.69, 9.17) is 0 Å². The molecule has 0 aliphatic heterocycles. The summed E-state index contributed by atoms with van der Waals surface area (Å²) < 4.78 is 86.9. The first-order valence-electron chi connectivity index (χ1n) is 3.69. The number of ether oxygens (including phenoxy) is 1. The van der Waals surface area contributed by atoms with Gasteiger partial charge >= 0.3 is 12.5 Å². The van der Waals surface area contributed by atoms with Crippen LogP contribution in [-0.2, 0) is 6.18 Å². The molecule has 0 radical (unpaired) electrons. The Balaban J connectivity index is 3.19. The van der Waals surface area contributed by atoms with Crippen molar-refractivity contribution < 1.29 is 35.5 Å². The number of pyridine rings is 1. The van der Waals surface area contributed by atoms with E-state index in [1.54, 1.807) is 0 Å². The van der Waals surface area contributed by atoms with E-state index in [9.17, 15) is 30.7 Å². The van der Waals surface area contributed by atoms with Gasteiger partial charge in [0.2, 0.25) is 11.8 Å². The highest BCUT2D eigenvalue weighted by Gasteiger charge is 2.39. The predicted octanol–water partition coefficient (Wildman–Crippen LogP) is 3.90. The van der Waals surface area contributed by atoms with E-state index in [1.807, 2.05) is 0 Å². The van der Waals surface area contributed by atoms with Gasteiger partial charge in [0.1, 0.15) is 5.56 Å². The highest BCUT2D eigenvalue weighted by molar-refractivity contribution is 9.10. The van der Waals surface area contributed by atoms with E-state index in [0.717, 1.165) is 0 Å². The van der Waals surface area contributed by atoms with Gasteiger partial charge in [0, 0.05) is 10.5 Å². The van der Waals surface area contributed by atoms with Crippen LogP contribution in [0.4, 0.5) is 30.7 Å². The van der Waals surface area contributed by atoms with Crippen LogP contribution in [0.3, 0.4) is 0 Å². The number of nitrogens with zero attached hydrogens (tertiary/aromatic N) is 1. The van der Waals surface area contributed by atoms with E-state index in [1.165, 1.54) is 0 Å². The monoisotopic (exact) mass is 327 g/mol. The first-order valence-corrected chi connectivity index (χ1v) is 4.49. The molecule has 0 spiro atoms. The summed E-state index contributed by atoms with van der Waals surface area (Å²) in [7, 11) is 0. The average molecular weight is 328 g/mol. The fraction of sp³-hybridized carbons (Fsp3) is 0.286. The van der Waals surface area contributed by atoms with Crippen LogP contribution in [0.25, 0.3) is 0 Å². The molecule has 0 aliphatic carbocycles. The normalized spacial score (nSPS) is 12.7. The summed E-state index contributed by atoms with van der Waals surface area (Å²) in [5.41, 5.74) is -1.80. The minimum Gasteiger partial charge on any atom is -0.388 e. The topological polar surface area (TPSA) is 22.1 Å². The van der Waals surface area contributed by atoms with Crippen LogP contribution >= 0.6 is 15.9 Å². The predicted molar refractivity (Wildman–Crippen MR) is 43.6 cm³/mol. The number of alkyl halides is 6. The van der Waals surface area contributed by atoms with Gasteiger partial charge in [-0.15, -0.1) is 13.2 Å². The number of aromatic nitrogens is 1. The van der Waals surface area contributed by atoms with Crippen molar-refractivity contribution in [3.63, 3.8) is 0 Å². The van der Waals surface area contributed by atoms with Gasteiger partial charge in [0.25, 0.3) is 0 Å². The molecule has 0 unspecified atom stereocenters. The van der Waals surface area contributed by atoms with Crippen LogP contribution in [0, 0.1) is 5.95 Å². The summed E-state index contributed by atoms with van der Waals surface area (Å²) in [6, 6.07) is 0.277. The lowest BCUT2D eigenvalue weighted by atomic mass is 10.2. The van der Waals surface area contributed by atoms with Gasteiger partial charge in [-0.05, 0) is 15.9 Å². The molecule has 1 aromatic rings. The second-order valence-corrected chi connectivity index (χ2v) is 3.51. The Morgan fingerprint density at radius 1 is 1.12 bits per heavy atom. The third-order valence-corrected chi connectivity index (χ3v) is 2.03. The lowest BCUT2D eigenvalue weighted by molar-refractivity contribution is -0.276. The minimum atomic E-state index is -5.17. The average Bonchev–Trinajstić information content (AvgIpc) is 1.94. The Hall–Kier alpha value is -1.06. The molecule has 0 bridgehead atoms. The molecule has 1 aromatic heterocycles. The lowest BCUT2D eigenvalue weighted by Gasteiger charge is -2.12. The lowest BCUT2D eigenvalue weighted by Crippen LogP contribution is -2.19. The van der Waals surface area contributed by atoms with Crippen molar-refractivity contribution in [2.75, 3.05) is 0 Å². The maximum atomic E-state index is 12.9. The van der Waals surface area contributed by atoms with Gasteiger partial charge in [-0.2, -0.15) is 22.5 Å². The fourth-order valence-corrected chi connectivity index (χ4v) is 1.47. The van der Waals surface area contributed by atoms with Gasteiger partial charge < -0.3 is 4.74 Å². The minimum absolute atomic E-state index is 0.277. The van der Waals surface area contributed by atoms with E-state index in [0.29, 0.717) is 0 Å². The third kappa shape index (κ3) is 3.72. The van der Waals surface area contributed by atoms with Crippen molar-refractivity contribution in [3.8, 4) is 5.88 Å². The highest BCUT2D eigenvalue weighted by Crippen LogP contribution is 2.38. The zero-order valence-electron chi connectivity index (χ0n) is 7.46. The van der Waals surface area contributed by atoms with Crippen LogP contribution in [0.15, 0.2) is 10.5 Å². The SMILES string of the molecule is Fc1nc(OC(F)(F)F)cc(Br)c1C(F)(F)F. The van der Waals surface area contributed by atoms with Crippen LogP contribution in [0.1, 0.15) is 5.56 Å². The Labute approximate surface area is 97.5 Å². The maximum absolute atomic E-state index is 12.9.